The summed E-state index contributed by atoms with van der Waals surface area (Å²) in [6.07, 6.45) is 9.00. The first-order valence-corrected chi connectivity index (χ1v) is 11.9. The van der Waals surface area contributed by atoms with Gasteiger partial charge in [-0.3, -0.25) is 0 Å². The zero-order valence-corrected chi connectivity index (χ0v) is 18.7. The Hall–Kier alpha value is -4.30. The number of benzene rings is 4. The van der Waals surface area contributed by atoms with Crippen molar-refractivity contribution < 1.29 is 0 Å². The van der Waals surface area contributed by atoms with Crippen molar-refractivity contribution in [1.82, 2.24) is 4.57 Å². The van der Waals surface area contributed by atoms with Gasteiger partial charge in [0.15, 0.2) is 0 Å². The normalized spacial score (nSPS) is 18.0. The average molecular weight is 437 g/mol. The van der Waals surface area contributed by atoms with Crippen LogP contribution in [0.2, 0.25) is 0 Å². The molecular weight excluding hydrogens is 412 g/mol. The lowest BCUT2D eigenvalue weighted by Crippen LogP contribution is -2.24. The highest BCUT2D eigenvalue weighted by Crippen LogP contribution is 2.49. The molecule has 0 saturated heterocycles. The molecule has 1 aliphatic carbocycles. The van der Waals surface area contributed by atoms with Gasteiger partial charge in [0.1, 0.15) is 0 Å². The van der Waals surface area contributed by atoms with Crippen LogP contribution in [0, 0.1) is 0 Å². The van der Waals surface area contributed by atoms with Crippen LogP contribution in [0.1, 0.15) is 11.5 Å². The minimum atomic E-state index is 0.211. The molecule has 0 unspecified atom stereocenters. The largest absolute Gasteiger partial charge is 0.377 e. The fraction of sp³-hybridized carbons (Fsp3) is 0.0625. The van der Waals surface area contributed by atoms with Gasteiger partial charge in [-0.05, 0) is 29.3 Å². The molecule has 4 aromatic carbocycles. The van der Waals surface area contributed by atoms with Gasteiger partial charge in [0.05, 0.1) is 17.3 Å². The van der Waals surface area contributed by atoms with E-state index in [2.05, 4.69) is 137 Å². The molecule has 34 heavy (non-hydrogen) atoms. The van der Waals surface area contributed by atoms with Crippen molar-refractivity contribution in [2.75, 3.05) is 5.32 Å². The highest BCUT2D eigenvalue weighted by Gasteiger charge is 2.34. The second kappa shape index (κ2) is 7.64. The van der Waals surface area contributed by atoms with E-state index in [-0.39, 0.29) is 12.0 Å². The fourth-order valence-corrected chi connectivity index (χ4v) is 5.67. The molecule has 2 nitrogen and oxygen atoms in total. The van der Waals surface area contributed by atoms with Crippen LogP contribution in [0.25, 0.3) is 39.0 Å². The maximum absolute atomic E-state index is 3.83. The summed E-state index contributed by atoms with van der Waals surface area (Å²) in [4.78, 5) is 0. The molecule has 2 aliphatic rings. The molecule has 2 heterocycles. The first-order valence-electron chi connectivity index (χ1n) is 11.9. The van der Waals surface area contributed by atoms with Crippen molar-refractivity contribution in [3.63, 3.8) is 0 Å². The molecule has 162 valence electrons. The van der Waals surface area contributed by atoms with Gasteiger partial charge in [0.25, 0.3) is 0 Å². The topological polar surface area (TPSA) is 17.0 Å². The van der Waals surface area contributed by atoms with Gasteiger partial charge in [-0.1, -0.05) is 109 Å². The minimum absolute atomic E-state index is 0.211. The van der Waals surface area contributed by atoms with E-state index in [0.29, 0.717) is 0 Å². The summed E-state index contributed by atoms with van der Waals surface area (Å²) in [7, 11) is 0. The van der Waals surface area contributed by atoms with Crippen molar-refractivity contribution >= 4 is 16.6 Å². The number of rotatable bonds is 2. The van der Waals surface area contributed by atoms with E-state index >= 15 is 0 Å². The lowest BCUT2D eigenvalue weighted by Gasteiger charge is -2.24. The minimum Gasteiger partial charge on any atom is -0.377 e. The Morgan fingerprint density at radius 3 is 2.18 bits per heavy atom. The average Bonchev–Trinajstić information content (AvgIpc) is 3.17. The van der Waals surface area contributed by atoms with E-state index in [9.17, 15) is 0 Å². The summed E-state index contributed by atoms with van der Waals surface area (Å²) < 4.78 is 2.49. The quantitative estimate of drug-likeness (QED) is 0.297. The first-order chi connectivity index (χ1) is 16.9. The van der Waals surface area contributed by atoms with Crippen LogP contribution in [0.5, 0.6) is 0 Å². The predicted molar refractivity (Wildman–Crippen MR) is 143 cm³/mol. The number of nitrogens with zero attached hydrogens (tertiary/aromatic N) is 1. The third-order valence-electron chi connectivity index (χ3n) is 7.10. The summed E-state index contributed by atoms with van der Waals surface area (Å²) in [5, 5.41) is 5.15. The monoisotopic (exact) mass is 436 g/mol. The molecule has 0 spiro atoms. The van der Waals surface area contributed by atoms with Crippen LogP contribution >= 0.6 is 0 Å². The van der Waals surface area contributed by atoms with Gasteiger partial charge in [-0.2, -0.15) is 0 Å². The molecule has 5 aromatic rings. The van der Waals surface area contributed by atoms with Crippen LogP contribution < -0.4 is 5.32 Å². The van der Waals surface area contributed by atoms with Gasteiger partial charge in [0.2, 0.25) is 0 Å². The number of anilines is 1. The summed E-state index contributed by atoms with van der Waals surface area (Å²) in [6, 6.07) is 37.3. The maximum atomic E-state index is 3.83. The van der Waals surface area contributed by atoms with Gasteiger partial charge in [-0.15, -0.1) is 0 Å². The molecular formula is C32H24N2. The van der Waals surface area contributed by atoms with Crippen LogP contribution in [0.4, 0.5) is 5.69 Å². The third kappa shape index (κ3) is 2.82. The van der Waals surface area contributed by atoms with Crippen molar-refractivity contribution in [2.24, 2.45) is 0 Å². The Kier molecular flexibility index (Phi) is 4.31. The Bertz CT molecular complexity index is 1570. The molecule has 0 saturated carbocycles. The van der Waals surface area contributed by atoms with Gasteiger partial charge >= 0.3 is 0 Å². The fourth-order valence-electron chi connectivity index (χ4n) is 5.67. The molecule has 0 fully saturated rings. The Morgan fingerprint density at radius 1 is 0.618 bits per heavy atom. The second-order valence-electron chi connectivity index (χ2n) is 9.01. The van der Waals surface area contributed by atoms with E-state index in [0.717, 1.165) is 0 Å². The number of hydrogen-bond donors (Lipinski definition) is 1. The number of fused-ring (bicyclic) bond motifs is 7. The number of aromatic nitrogens is 1. The van der Waals surface area contributed by atoms with E-state index in [4.69, 9.17) is 0 Å². The summed E-state index contributed by atoms with van der Waals surface area (Å²) in [5.74, 6) is 0.242. The summed E-state index contributed by atoms with van der Waals surface area (Å²) in [6.45, 7) is 0. The molecule has 7 rings (SSSR count). The number of nitrogens with one attached hydrogen (secondary N) is 1. The predicted octanol–water partition coefficient (Wildman–Crippen LogP) is 7.97. The zero-order valence-electron chi connectivity index (χ0n) is 18.7. The summed E-state index contributed by atoms with van der Waals surface area (Å²) >= 11 is 0. The molecule has 2 heteroatoms. The molecule has 0 radical (unpaired) electrons. The van der Waals surface area contributed by atoms with Crippen LogP contribution in [-0.2, 0) is 0 Å². The van der Waals surface area contributed by atoms with E-state index in [1.165, 1.54) is 50.2 Å². The van der Waals surface area contributed by atoms with E-state index < -0.39 is 0 Å². The third-order valence-corrected chi connectivity index (χ3v) is 7.10. The number of hydrogen-bond acceptors (Lipinski definition) is 1. The lowest BCUT2D eigenvalue weighted by atomic mass is 9.86. The second-order valence-corrected chi connectivity index (χ2v) is 9.01. The molecule has 0 bridgehead atoms. The number of para-hydroxylation sites is 3. The van der Waals surface area contributed by atoms with Gasteiger partial charge < -0.3 is 9.88 Å². The Labute approximate surface area is 199 Å². The molecule has 2 atom stereocenters. The van der Waals surface area contributed by atoms with Crippen molar-refractivity contribution in [2.45, 2.75) is 12.0 Å². The van der Waals surface area contributed by atoms with E-state index in [1.807, 2.05) is 0 Å². The smallest absolute Gasteiger partial charge is 0.0616 e. The van der Waals surface area contributed by atoms with Gasteiger partial charge in [0, 0.05) is 33.8 Å². The van der Waals surface area contributed by atoms with Crippen molar-refractivity contribution in [1.29, 1.82) is 0 Å². The van der Waals surface area contributed by atoms with Crippen LogP contribution in [0.15, 0.2) is 127 Å². The number of allylic oxidation sites excluding steroid dienone is 2. The van der Waals surface area contributed by atoms with E-state index in [1.54, 1.807) is 0 Å². The maximum Gasteiger partial charge on any atom is 0.0616 e. The van der Waals surface area contributed by atoms with Gasteiger partial charge in [-0.25, -0.2) is 0 Å². The van der Waals surface area contributed by atoms with Crippen molar-refractivity contribution in [3.05, 3.63) is 133 Å². The standard InChI is InChI=1S/C32H24N2/c1-3-12-22(13-4-1)24-18-11-19-27-30-25-16-7-9-20-28(25)33-29-21-10-8-17-26(29)32(30)34(31(24)27)23-14-5-2-6-15-23/h1-21,25,28,33H/t25-,28+/m0/s1. The molecule has 0 amide bonds. The zero-order chi connectivity index (χ0) is 22.5. The molecule has 1 N–H and O–H groups in total. The SMILES string of the molecule is C1=C[C@@H]2c3c(n(-c4ccccc4)c4c(-c5ccccc5)cccc34)-c3ccccc3N[C@@H]2C=C1. The first kappa shape index (κ1) is 19.2. The highest BCUT2D eigenvalue weighted by atomic mass is 15.0. The Morgan fingerprint density at radius 2 is 1.32 bits per heavy atom. The Balaban J connectivity index is 1.69. The van der Waals surface area contributed by atoms with Crippen LogP contribution in [0.3, 0.4) is 0 Å². The van der Waals surface area contributed by atoms with Crippen molar-refractivity contribution in [3.8, 4) is 28.1 Å². The lowest BCUT2D eigenvalue weighted by molar-refractivity contribution is 0.768. The highest BCUT2D eigenvalue weighted by molar-refractivity contribution is 6.04. The van der Waals surface area contributed by atoms with Crippen LogP contribution in [-0.4, -0.2) is 10.6 Å². The summed E-state index contributed by atoms with van der Waals surface area (Å²) in [5.41, 5.74) is 10.0. The molecule has 1 aromatic heterocycles. The molecule has 1 aliphatic heterocycles.